The fourth-order valence-corrected chi connectivity index (χ4v) is 13.2. The Hall–Kier alpha value is -9.79. The summed E-state index contributed by atoms with van der Waals surface area (Å²) in [5, 5.41) is 54.8. The number of pyridine rings is 1. The smallest absolute Gasteiger partial charge is 0.248 e. The average molecular weight is 1520 g/mol. The van der Waals surface area contributed by atoms with Crippen molar-refractivity contribution in [2.24, 2.45) is 22.8 Å². The van der Waals surface area contributed by atoms with Crippen molar-refractivity contribution in [2.75, 3.05) is 44.9 Å². The maximum atomic E-state index is 14.5. The highest BCUT2D eigenvalue weighted by molar-refractivity contribution is 7.98. The Balaban J connectivity index is 1.17. The molecule has 30 nitrogen and oxygen atoms in total. The van der Waals surface area contributed by atoms with Gasteiger partial charge in [0, 0.05) is 80.1 Å². The molecule has 5 aromatic rings. The van der Waals surface area contributed by atoms with E-state index in [1.807, 2.05) is 31.2 Å². The number of nitrogens with one attached hydrogen (secondary N) is 10. The fraction of sp³-hybridized carbons (Fsp3) is 0.507. The number of aromatic amines is 1. The van der Waals surface area contributed by atoms with E-state index in [1.54, 1.807) is 78.2 Å². The summed E-state index contributed by atoms with van der Waals surface area (Å²) in [4.78, 5) is 173. The summed E-state index contributed by atoms with van der Waals surface area (Å²) >= 11 is 2.81. The van der Waals surface area contributed by atoms with Gasteiger partial charge in [-0.15, -0.1) is 0 Å². The van der Waals surface area contributed by atoms with Gasteiger partial charge in [0.1, 0.15) is 64.5 Å². The van der Waals surface area contributed by atoms with Crippen LogP contribution in [0.3, 0.4) is 0 Å². The first-order valence-corrected chi connectivity index (χ1v) is 37.8. The number of H-pyrrole nitrogens is 1. The Labute approximate surface area is 632 Å². The van der Waals surface area contributed by atoms with Crippen molar-refractivity contribution in [2.45, 2.75) is 186 Å². The largest absolute Gasteiger partial charge is 0.508 e. The number of aliphatic hydroxyl groups is 1. The number of carbonyl (C=O) groups excluding carboxylic acids is 12. The summed E-state index contributed by atoms with van der Waals surface area (Å²) in [7, 11) is 1.29. The zero-order valence-electron chi connectivity index (χ0n) is 62.7. The first-order chi connectivity index (χ1) is 50.5. The minimum atomic E-state index is -1.86. The second kappa shape index (κ2) is 41.9. The number of hydrogen-bond donors (Lipinski definition) is 15. The van der Waals surface area contributed by atoms with Crippen molar-refractivity contribution in [1.29, 1.82) is 0 Å². The van der Waals surface area contributed by atoms with Crippen LogP contribution in [0.5, 0.6) is 11.5 Å². The molecular weight excluding hydrogens is 1420 g/mol. The third-order valence-corrected chi connectivity index (χ3v) is 19.9. The fourth-order valence-electron chi connectivity index (χ4n) is 11.3. The summed E-state index contributed by atoms with van der Waals surface area (Å²) in [5.41, 5.74) is 11.0. The van der Waals surface area contributed by atoms with Crippen LogP contribution in [0.25, 0.3) is 11.0 Å². The topological polar surface area (TPSA) is 467 Å². The van der Waals surface area contributed by atoms with E-state index in [4.69, 9.17) is 16.2 Å². The Kier molecular flexibility index (Phi) is 34.4. The molecule has 5 rings (SSSR count). The molecule has 0 fully saturated rings. The minimum Gasteiger partial charge on any atom is -0.508 e. The van der Waals surface area contributed by atoms with Crippen LogP contribution in [0.15, 0.2) is 97.3 Å². The van der Waals surface area contributed by atoms with Crippen LogP contribution in [0.4, 0.5) is 0 Å². The lowest BCUT2D eigenvalue weighted by atomic mass is 9.85. The summed E-state index contributed by atoms with van der Waals surface area (Å²) < 4.78 is 5.35. The number of thioether (sulfide) groups is 2. The third kappa shape index (κ3) is 28.1. The quantitative estimate of drug-likeness (QED) is 0.0249. The number of amides is 12. The molecule has 2 aromatic heterocycles. The van der Waals surface area contributed by atoms with Crippen LogP contribution in [-0.2, 0) is 93.0 Å². The Bertz CT molecular complexity index is 3870. The molecule has 0 radical (unpaired) electrons. The van der Waals surface area contributed by atoms with Gasteiger partial charge in [-0.2, -0.15) is 23.5 Å². The molecule has 0 saturated heterocycles. The molecule has 12 amide bonds. The molecule has 2 heterocycles. The standard InChI is InChI=1S/C75H106N14O16S2/c1-12-14-30-89(39-59(76)93)70(102)57(35-47-22-26-52(92)27-23-47)83-69(101)63(73(6,7)8)86-60(94)28-31-106-40-48-17-15-18-49(33-48)41-107-42-58(64(77)97)84-66(98)54(13-2)85-72(104)75(10,44(3)4)88-68(100)55(34-46-20-24-51(91)25-21-46)82-62(96)38-80-71(103)74(9,43-105-11)87-67(99)56(81-61(95)32-45(5)90)36-50-37-79-65-53(50)19-16-29-78-65/h15-27,29,33,37,44-45,54-58,63,90-92H,12-14,28,30-32,34-36,38-43H2,1-11H3,(H2,76,93)(H2,77,97)(H,78,79)(H,80,103)(H,81,95)(H,82,96)(H,83,101)(H,84,98)(H,85,104)(H,86,94)(H,87,99)(H,88,100)/t45-,54+,55+,56+,57+,58-,63-,74?,75+/m1/s1. The highest BCUT2D eigenvalue weighted by Crippen LogP contribution is 2.25. The lowest BCUT2D eigenvalue weighted by molar-refractivity contribution is -0.140. The average Bonchev–Trinajstić information content (AvgIpc) is 1.81. The number of unbranched alkanes of at least 4 members (excludes halogenated alkanes) is 1. The molecule has 9 atom stereocenters. The molecule has 0 spiro atoms. The Morgan fingerprint density at radius 1 is 0.636 bits per heavy atom. The zero-order valence-corrected chi connectivity index (χ0v) is 64.3. The number of nitrogens with two attached hydrogens (primary N) is 2. The summed E-state index contributed by atoms with van der Waals surface area (Å²) in [6, 6.07) is 15.8. The number of benzene rings is 3. The number of rotatable bonds is 44. The summed E-state index contributed by atoms with van der Waals surface area (Å²) in [6.45, 7) is 15.2. The number of aromatic nitrogens is 2. The molecular formula is C75H106N14O16S2. The maximum Gasteiger partial charge on any atom is 0.248 e. The lowest BCUT2D eigenvalue weighted by Gasteiger charge is -2.36. The van der Waals surface area contributed by atoms with Gasteiger partial charge in [0.05, 0.1) is 32.2 Å². The first kappa shape index (κ1) is 87.8. The van der Waals surface area contributed by atoms with Gasteiger partial charge in [0.2, 0.25) is 70.9 Å². The van der Waals surface area contributed by atoms with Crippen LogP contribution >= 0.6 is 23.5 Å². The molecule has 584 valence electrons. The number of primary amides is 2. The summed E-state index contributed by atoms with van der Waals surface area (Å²) in [5.74, 6) is -7.96. The van der Waals surface area contributed by atoms with Crippen LogP contribution in [0.2, 0.25) is 0 Å². The van der Waals surface area contributed by atoms with Crippen LogP contribution in [0.1, 0.15) is 129 Å². The molecule has 107 heavy (non-hydrogen) atoms. The van der Waals surface area contributed by atoms with Crippen LogP contribution < -0.4 is 59.3 Å². The van der Waals surface area contributed by atoms with Crippen molar-refractivity contribution in [3.8, 4) is 11.5 Å². The van der Waals surface area contributed by atoms with Gasteiger partial charge in [-0.3, -0.25) is 57.5 Å². The number of carbonyl (C=O) groups is 12. The van der Waals surface area contributed by atoms with E-state index < -0.39 is 143 Å². The number of phenols is 2. The highest BCUT2D eigenvalue weighted by Gasteiger charge is 2.43. The second-order valence-corrected chi connectivity index (χ2v) is 30.4. The maximum absolute atomic E-state index is 14.5. The monoisotopic (exact) mass is 1520 g/mol. The van der Waals surface area contributed by atoms with E-state index in [-0.39, 0.29) is 74.8 Å². The minimum absolute atomic E-state index is 0.0186. The van der Waals surface area contributed by atoms with Crippen molar-refractivity contribution < 1.29 is 77.6 Å². The lowest BCUT2D eigenvalue weighted by Crippen LogP contribution is -2.66. The number of hydrogen-bond acceptors (Lipinski definition) is 19. The molecule has 1 unspecified atom stereocenters. The van der Waals surface area contributed by atoms with Crippen LogP contribution in [0, 0.1) is 11.3 Å². The molecule has 0 bridgehead atoms. The van der Waals surface area contributed by atoms with Crippen LogP contribution in [-0.4, -0.2) is 199 Å². The van der Waals surface area contributed by atoms with E-state index >= 15 is 0 Å². The van der Waals surface area contributed by atoms with Gasteiger partial charge < -0.3 is 89.3 Å². The van der Waals surface area contributed by atoms with Gasteiger partial charge in [-0.05, 0) is 109 Å². The molecule has 0 aliphatic carbocycles. The molecule has 0 saturated carbocycles. The molecule has 3 aromatic carbocycles. The van der Waals surface area contributed by atoms with E-state index in [0.29, 0.717) is 51.4 Å². The van der Waals surface area contributed by atoms with E-state index in [9.17, 15) is 72.9 Å². The van der Waals surface area contributed by atoms with E-state index in [1.165, 1.54) is 92.7 Å². The van der Waals surface area contributed by atoms with Crippen molar-refractivity contribution >= 4 is 105 Å². The summed E-state index contributed by atoms with van der Waals surface area (Å²) in [6.07, 6.45) is 3.09. The number of methoxy groups -OCH3 is 1. The Morgan fingerprint density at radius 2 is 1.22 bits per heavy atom. The zero-order chi connectivity index (χ0) is 79.3. The number of nitrogens with zero attached hydrogens (tertiary/aromatic N) is 2. The number of aliphatic hydroxyl groups excluding tert-OH is 1. The first-order valence-electron chi connectivity index (χ1n) is 35.4. The molecule has 17 N–H and O–H groups in total. The third-order valence-electron chi connectivity index (χ3n) is 17.7. The molecule has 32 heteroatoms. The highest BCUT2D eigenvalue weighted by atomic mass is 32.2. The second-order valence-electron chi connectivity index (χ2n) is 28.3. The van der Waals surface area contributed by atoms with Crippen molar-refractivity contribution in [1.82, 2.24) is 62.7 Å². The normalized spacial score (nSPS) is 14.5. The Morgan fingerprint density at radius 3 is 1.79 bits per heavy atom. The van der Waals surface area contributed by atoms with Gasteiger partial charge >= 0.3 is 0 Å². The number of fused-ring (bicyclic) bond motifs is 1. The number of ether oxygens (including phenoxy) is 1. The predicted octanol–water partition coefficient (Wildman–Crippen LogP) is 2.46. The predicted molar refractivity (Wildman–Crippen MR) is 407 cm³/mol. The van der Waals surface area contributed by atoms with Gasteiger partial charge in [-0.1, -0.05) is 103 Å². The van der Waals surface area contributed by atoms with E-state index in [0.717, 1.165) is 17.5 Å². The van der Waals surface area contributed by atoms with Gasteiger partial charge in [-0.25, -0.2) is 4.98 Å². The SMILES string of the molecule is CCCCN(CC(N)=O)C(=O)[C@H](Cc1ccc(O)cc1)NC(=O)[C@@H](NC(=O)CCSCc1cccc(CSC[C@@H](NC(=O)[C@H](CC)NC(=O)[C@@](C)(NC(=O)[C@H](Cc2ccc(O)cc2)NC(=O)CNC(=O)C(C)(COC)NC(=O)[C@H](Cc2c[nH]c3ncccc23)NC(=O)C[C@@H](C)O)C(C)C)C(N)=O)c1)C(C)(C)C. The molecule has 0 aliphatic rings. The number of aromatic hydroxyl groups is 2. The molecule has 0 aliphatic heterocycles. The van der Waals surface area contributed by atoms with E-state index in [2.05, 4.69) is 57.8 Å². The van der Waals surface area contributed by atoms with Gasteiger partial charge in [0.15, 0.2) is 0 Å². The van der Waals surface area contributed by atoms with Crippen molar-refractivity contribution in [3.63, 3.8) is 0 Å². The van der Waals surface area contributed by atoms with Crippen molar-refractivity contribution in [3.05, 3.63) is 125 Å². The van der Waals surface area contributed by atoms with Gasteiger partial charge in [0.25, 0.3) is 0 Å². The number of phenolic OH excluding ortho intramolecular Hbond substituents is 2.